The highest BCUT2D eigenvalue weighted by atomic mass is 16.4. The third-order valence-electron chi connectivity index (χ3n) is 1.96. The first-order chi connectivity index (χ1) is 7.54. The van der Waals surface area contributed by atoms with E-state index in [0.717, 1.165) is 0 Å². The van der Waals surface area contributed by atoms with Crippen LogP contribution >= 0.6 is 0 Å². The van der Waals surface area contributed by atoms with Crippen molar-refractivity contribution in [2.75, 3.05) is 6.54 Å². The van der Waals surface area contributed by atoms with E-state index in [0.29, 0.717) is 18.1 Å². The molecule has 0 atom stereocenters. The SMILES string of the molecule is CCNC(=O)NCc1cc(C(=O)O)c(C)o1. The van der Waals surface area contributed by atoms with Crippen molar-refractivity contribution in [3.05, 3.63) is 23.2 Å². The summed E-state index contributed by atoms with van der Waals surface area (Å²) in [6.07, 6.45) is 0. The fourth-order valence-corrected chi connectivity index (χ4v) is 1.23. The van der Waals surface area contributed by atoms with Crippen LogP contribution in [0.25, 0.3) is 0 Å². The van der Waals surface area contributed by atoms with Crippen molar-refractivity contribution in [3.63, 3.8) is 0 Å². The second-order valence-corrected chi connectivity index (χ2v) is 3.20. The second-order valence-electron chi connectivity index (χ2n) is 3.20. The molecule has 0 unspecified atom stereocenters. The average Bonchev–Trinajstić information content (AvgIpc) is 2.57. The average molecular weight is 226 g/mol. The van der Waals surface area contributed by atoms with E-state index >= 15 is 0 Å². The molecule has 6 nitrogen and oxygen atoms in total. The van der Waals surface area contributed by atoms with Crippen LogP contribution in [0.5, 0.6) is 0 Å². The quantitative estimate of drug-likeness (QED) is 0.717. The second kappa shape index (κ2) is 5.20. The van der Waals surface area contributed by atoms with Gasteiger partial charge in [0, 0.05) is 6.54 Å². The number of aromatic carboxylic acids is 1. The zero-order chi connectivity index (χ0) is 12.1. The Morgan fingerprint density at radius 2 is 2.12 bits per heavy atom. The standard InChI is InChI=1S/C10H14N2O4/c1-3-11-10(15)12-5-7-4-8(9(13)14)6(2)16-7/h4H,3,5H2,1-2H3,(H,13,14)(H2,11,12,15). The summed E-state index contributed by atoms with van der Waals surface area (Å²) in [5, 5.41) is 13.9. The fourth-order valence-electron chi connectivity index (χ4n) is 1.23. The van der Waals surface area contributed by atoms with Crippen LogP contribution in [0.1, 0.15) is 28.8 Å². The van der Waals surface area contributed by atoms with Gasteiger partial charge in [-0.2, -0.15) is 0 Å². The number of hydrogen-bond donors (Lipinski definition) is 3. The summed E-state index contributed by atoms with van der Waals surface area (Å²) in [5.41, 5.74) is 0.118. The highest BCUT2D eigenvalue weighted by Gasteiger charge is 2.13. The fraction of sp³-hybridized carbons (Fsp3) is 0.400. The van der Waals surface area contributed by atoms with Crippen molar-refractivity contribution >= 4 is 12.0 Å². The van der Waals surface area contributed by atoms with Crippen LogP contribution in [0.15, 0.2) is 10.5 Å². The largest absolute Gasteiger partial charge is 0.478 e. The summed E-state index contributed by atoms with van der Waals surface area (Å²) in [7, 11) is 0. The predicted octanol–water partition coefficient (Wildman–Crippen LogP) is 1.11. The lowest BCUT2D eigenvalue weighted by atomic mass is 10.2. The van der Waals surface area contributed by atoms with E-state index < -0.39 is 5.97 Å². The smallest absolute Gasteiger partial charge is 0.339 e. The van der Waals surface area contributed by atoms with Gasteiger partial charge in [0.2, 0.25) is 0 Å². The van der Waals surface area contributed by atoms with Crippen molar-refractivity contribution in [3.8, 4) is 0 Å². The van der Waals surface area contributed by atoms with Crippen molar-refractivity contribution in [2.45, 2.75) is 20.4 Å². The van der Waals surface area contributed by atoms with Gasteiger partial charge in [-0.15, -0.1) is 0 Å². The molecule has 0 saturated heterocycles. The van der Waals surface area contributed by atoms with Gasteiger partial charge in [-0.3, -0.25) is 0 Å². The van der Waals surface area contributed by atoms with Crippen molar-refractivity contribution in [1.82, 2.24) is 10.6 Å². The summed E-state index contributed by atoms with van der Waals surface area (Å²) in [6.45, 7) is 4.07. The highest BCUT2D eigenvalue weighted by Crippen LogP contribution is 2.14. The van der Waals surface area contributed by atoms with Crippen LogP contribution in [0.4, 0.5) is 4.79 Å². The molecule has 1 aromatic heterocycles. The number of carbonyl (C=O) groups excluding carboxylic acids is 1. The molecule has 1 heterocycles. The van der Waals surface area contributed by atoms with E-state index in [2.05, 4.69) is 10.6 Å². The number of carboxylic acids is 1. The molecule has 0 saturated carbocycles. The van der Waals surface area contributed by atoms with Crippen LogP contribution in [-0.2, 0) is 6.54 Å². The molecule has 0 aliphatic carbocycles. The number of rotatable bonds is 4. The maximum absolute atomic E-state index is 11.1. The Kier molecular flexibility index (Phi) is 3.93. The minimum atomic E-state index is -1.04. The molecular weight excluding hydrogens is 212 g/mol. The van der Waals surface area contributed by atoms with Crippen LogP contribution in [0.3, 0.4) is 0 Å². The molecule has 0 radical (unpaired) electrons. The maximum Gasteiger partial charge on any atom is 0.339 e. The lowest BCUT2D eigenvalue weighted by molar-refractivity contribution is 0.0695. The Morgan fingerprint density at radius 1 is 1.44 bits per heavy atom. The maximum atomic E-state index is 11.1. The summed E-state index contributed by atoms with van der Waals surface area (Å²) in [4.78, 5) is 21.8. The molecule has 0 bridgehead atoms. The Balaban J connectivity index is 2.58. The number of urea groups is 1. The van der Waals surface area contributed by atoms with Gasteiger partial charge in [0.15, 0.2) is 0 Å². The third kappa shape index (κ3) is 3.01. The van der Waals surface area contributed by atoms with Gasteiger partial charge < -0.3 is 20.2 Å². The number of carboxylic acid groups (broad SMARTS) is 1. The molecule has 1 aromatic rings. The van der Waals surface area contributed by atoms with E-state index in [9.17, 15) is 9.59 Å². The summed E-state index contributed by atoms with van der Waals surface area (Å²) in [6, 6.07) is 1.09. The molecule has 0 fully saturated rings. The number of aryl methyl sites for hydroxylation is 1. The molecule has 0 aliphatic rings. The molecule has 16 heavy (non-hydrogen) atoms. The topological polar surface area (TPSA) is 91.6 Å². The Morgan fingerprint density at radius 3 is 2.62 bits per heavy atom. The first-order valence-corrected chi connectivity index (χ1v) is 4.89. The van der Waals surface area contributed by atoms with Gasteiger partial charge >= 0.3 is 12.0 Å². The third-order valence-corrected chi connectivity index (χ3v) is 1.96. The molecule has 2 amide bonds. The van der Waals surface area contributed by atoms with E-state index in [1.807, 2.05) is 0 Å². The molecule has 88 valence electrons. The van der Waals surface area contributed by atoms with Crippen molar-refractivity contribution in [2.24, 2.45) is 0 Å². The van der Waals surface area contributed by atoms with Crippen LogP contribution < -0.4 is 10.6 Å². The van der Waals surface area contributed by atoms with E-state index in [1.54, 1.807) is 13.8 Å². The molecule has 0 spiro atoms. The lowest BCUT2D eigenvalue weighted by Crippen LogP contribution is -2.34. The first kappa shape index (κ1) is 12.1. The van der Waals surface area contributed by atoms with Crippen LogP contribution in [0.2, 0.25) is 0 Å². The molecule has 0 aromatic carbocycles. The molecule has 1 rings (SSSR count). The van der Waals surface area contributed by atoms with Crippen LogP contribution in [0, 0.1) is 6.92 Å². The molecule has 3 N–H and O–H groups in total. The highest BCUT2D eigenvalue weighted by molar-refractivity contribution is 5.88. The van der Waals surface area contributed by atoms with Gasteiger partial charge in [-0.05, 0) is 19.9 Å². The van der Waals surface area contributed by atoms with Crippen LogP contribution in [-0.4, -0.2) is 23.7 Å². The number of amides is 2. The van der Waals surface area contributed by atoms with E-state index in [-0.39, 0.29) is 18.1 Å². The number of hydrogen-bond acceptors (Lipinski definition) is 3. The Hall–Kier alpha value is -1.98. The molecule has 0 aliphatic heterocycles. The van der Waals surface area contributed by atoms with E-state index in [4.69, 9.17) is 9.52 Å². The van der Waals surface area contributed by atoms with Gasteiger partial charge in [-0.1, -0.05) is 0 Å². The van der Waals surface area contributed by atoms with Gasteiger partial charge in [-0.25, -0.2) is 9.59 Å². The summed E-state index contributed by atoms with van der Waals surface area (Å²) < 4.78 is 5.18. The Labute approximate surface area is 92.6 Å². The zero-order valence-electron chi connectivity index (χ0n) is 9.16. The van der Waals surface area contributed by atoms with Crippen molar-refractivity contribution in [1.29, 1.82) is 0 Å². The molecule has 6 heteroatoms. The van der Waals surface area contributed by atoms with Gasteiger partial charge in [0.25, 0.3) is 0 Å². The number of nitrogens with one attached hydrogen (secondary N) is 2. The van der Waals surface area contributed by atoms with Gasteiger partial charge in [0.05, 0.1) is 6.54 Å². The first-order valence-electron chi connectivity index (χ1n) is 4.89. The summed E-state index contributed by atoms with van der Waals surface area (Å²) >= 11 is 0. The summed E-state index contributed by atoms with van der Waals surface area (Å²) in [5.74, 6) is -0.285. The Bertz CT molecular complexity index is 398. The monoisotopic (exact) mass is 226 g/mol. The van der Waals surface area contributed by atoms with Gasteiger partial charge in [0.1, 0.15) is 17.1 Å². The lowest BCUT2D eigenvalue weighted by Gasteiger charge is -2.02. The number of furan rings is 1. The molecular formula is C10H14N2O4. The normalized spacial score (nSPS) is 9.88. The van der Waals surface area contributed by atoms with Crippen molar-refractivity contribution < 1.29 is 19.1 Å². The zero-order valence-corrected chi connectivity index (χ0v) is 9.16. The minimum absolute atomic E-state index is 0.118. The van der Waals surface area contributed by atoms with E-state index in [1.165, 1.54) is 6.07 Å². The predicted molar refractivity (Wildman–Crippen MR) is 56.3 cm³/mol. The minimum Gasteiger partial charge on any atom is -0.478 e. The number of carbonyl (C=O) groups is 2.